The summed E-state index contributed by atoms with van der Waals surface area (Å²) in [5, 5.41) is 2.65. The zero-order valence-corrected chi connectivity index (χ0v) is 12.4. The van der Waals surface area contributed by atoms with E-state index >= 15 is 0 Å². The lowest BCUT2D eigenvalue weighted by molar-refractivity contribution is -0.0506. The Hall–Kier alpha value is -2.50. The highest BCUT2D eigenvalue weighted by Crippen LogP contribution is 2.28. The summed E-state index contributed by atoms with van der Waals surface area (Å²) in [5.74, 6) is -1.26. The van der Waals surface area contributed by atoms with Gasteiger partial charge < -0.3 is 10.1 Å². The lowest BCUT2D eigenvalue weighted by Crippen LogP contribution is -2.29. The number of ether oxygens (including phenoxy) is 1. The van der Waals surface area contributed by atoms with Crippen molar-refractivity contribution in [2.45, 2.75) is 26.0 Å². The molecule has 2 aromatic carbocycles. The molecule has 0 saturated carbocycles. The zero-order valence-electron chi connectivity index (χ0n) is 12.4. The first-order valence-electron chi connectivity index (χ1n) is 7.12. The minimum Gasteiger partial charge on any atom is -0.434 e. The fraction of sp³-hybridized carbons (Fsp3) is 0.235. The van der Waals surface area contributed by atoms with E-state index in [0.717, 1.165) is 0 Å². The van der Waals surface area contributed by atoms with E-state index in [1.165, 1.54) is 24.3 Å². The van der Waals surface area contributed by atoms with Gasteiger partial charge in [0.15, 0.2) is 0 Å². The Morgan fingerprint density at radius 3 is 2.43 bits per heavy atom. The zero-order chi connectivity index (χ0) is 16.8. The number of para-hydroxylation sites is 1. The first-order valence-corrected chi connectivity index (χ1v) is 7.12. The first-order chi connectivity index (χ1) is 11.0. The highest BCUT2D eigenvalue weighted by atomic mass is 19.3. The van der Waals surface area contributed by atoms with Crippen LogP contribution in [-0.4, -0.2) is 12.5 Å². The van der Waals surface area contributed by atoms with Crippen LogP contribution in [0.1, 0.15) is 35.3 Å². The van der Waals surface area contributed by atoms with E-state index in [1.807, 2.05) is 0 Å². The molecule has 0 heterocycles. The summed E-state index contributed by atoms with van der Waals surface area (Å²) in [5.41, 5.74) is 0.318. The van der Waals surface area contributed by atoms with Crippen molar-refractivity contribution in [1.82, 2.24) is 5.32 Å². The van der Waals surface area contributed by atoms with Gasteiger partial charge in [-0.1, -0.05) is 37.3 Å². The SMILES string of the molecule is CCC(NC(=O)c1ccccc1F)c1ccccc1OC(F)F. The Morgan fingerprint density at radius 2 is 1.78 bits per heavy atom. The van der Waals surface area contributed by atoms with Crippen LogP contribution >= 0.6 is 0 Å². The van der Waals surface area contributed by atoms with Gasteiger partial charge in [0.1, 0.15) is 11.6 Å². The maximum atomic E-state index is 13.7. The summed E-state index contributed by atoms with van der Waals surface area (Å²) in [6, 6.07) is 11.2. The van der Waals surface area contributed by atoms with E-state index in [1.54, 1.807) is 31.2 Å². The van der Waals surface area contributed by atoms with Gasteiger partial charge in [0.05, 0.1) is 11.6 Å². The van der Waals surface area contributed by atoms with Gasteiger partial charge in [0.25, 0.3) is 5.91 Å². The van der Waals surface area contributed by atoms with Gasteiger partial charge in [-0.05, 0) is 24.6 Å². The molecule has 0 aliphatic carbocycles. The third-order valence-electron chi connectivity index (χ3n) is 3.34. The molecule has 0 aliphatic heterocycles. The Bertz CT molecular complexity index is 676. The van der Waals surface area contributed by atoms with Gasteiger partial charge in [0.2, 0.25) is 0 Å². The molecule has 2 rings (SSSR count). The Labute approximate surface area is 132 Å². The summed E-state index contributed by atoms with van der Waals surface area (Å²) in [6.45, 7) is -1.18. The van der Waals surface area contributed by atoms with Crippen molar-refractivity contribution in [3.8, 4) is 5.75 Å². The molecule has 0 fully saturated rings. The average Bonchev–Trinajstić information content (AvgIpc) is 2.53. The number of rotatable bonds is 6. The Kier molecular flexibility index (Phi) is 5.62. The summed E-state index contributed by atoms with van der Waals surface area (Å²) >= 11 is 0. The number of halogens is 3. The molecule has 0 aromatic heterocycles. The van der Waals surface area contributed by atoms with Gasteiger partial charge in [-0.2, -0.15) is 8.78 Å². The normalized spacial score (nSPS) is 12.0. The molecular formula is C17H16F3NO2. The predicted octanol–water partition coefficient (Wildman–Crippen LogP) is 4.31. The Balaban J connectivity index is 2.24. The molecular weight excluding hydrogens is 307 g/mol. The summed E-state index contributed by atoms with van der Waals surface area (Å²) in [4.78, 5) is 12.2. The van der Waals surface area contributed by atoms with Crippen molar-refractivity contribution >= 4 is 5.91 Å². The molecule has 6 heteroatoms. The van der Waals surface area contributed by atoms with E-state index in [0.29, 0.717) is 12.0 Å². The first kappa shape index (κ1) is 16.9. The van der Waals surface area contributed by atoms with Crippen molar-refractivity contribution in [2.24, 2.45) is 0 Å². The quantitative estimate of drug-likeness (QED) is 0.860. The van der Waals surface area contributed by atoms with Crippen LogP contribution in [0.25, 0.3) is 0 Å². The standard InChI is InChI=1S/C17H16F3NO2/c1-2-14(12-8-4-6-10-15(12)23-17(19)20)21-16(22)11-7-3-5-9-13(11)18/h3-10,14,17H,2H2,1H3,(H,21,22). The van der Waals surface area contributed by atoms with E-state index in [2.05, 4.69) is 10.1 Å². The molecule has 0 bridgehead atoms. The minimum absolute atomic E-state index is 0.0109. The molecule has 0 spiro atoms. The van der Waals surface area contributed by atoms with Crippen molar-refractivity contribution in [1.29, 1.82) is 0 Å². The van der Waals surface area contributed by atoms with Crippen LogP contribution in [0.3, 0.4) is 0 Å². The second-order valence-corrected chi connectivity index (χ2v) is 4.83. The van der Waals surface area contributed by atoms with Crippen LogP contribution in [0.4, 0.5) is 13.2 Å². The van der Waals surface area contributed by atoms with E-state index in [4.69, 9.17) is 0 Å². The number of alkyl halides is 2. The molecule has 0 saturated heterocycles. The lowest BCUT2D eigenvalue weighted by atomic mass is 10.0. The highest BCUT2D eigenvalue weighted by Gasteiger charge is 2.20. The van der Waals surface area contributed by atoms with Crippen LogP contribution in [0.5, 0.6) is 5.75 Å². The van der Waals surface area contributed by atoms with E-state index in [-0.39, 0.29) is 11.3 Å². The third-order valence-corrected chi connectivity index (χ3v) is 3.34. The minimum atomic E-state index is -2.96. The maximum Gasteiger partial charge on any atom is 0.387 e. The largest absolute Gasteiger partial charge is 0.434 e. The summed E-state index contributed by atoms with van der Waals surface area (Å²) in [7, 11) is 0. The molecule has 0 radical (unpaired) electrons. The van der Waals surface area contributed by atoms with E-state index in [9.17, 15) is 18.0 Å². The molecule has 1 N–H and O–H groups in total. The number of hydrogen-bond acceptors (Lipinski definition) is 2. The number of hydrogen-bond donors (Lipinski definition) is 1. The van der Waals surface area contributed by atoms with Crippen LogP contribution in [0.15, 0.2) is 48.5 Å². The molecule has 122 valence electrons. The molecule has 0 aliphatic rings. The summed E-state index contributed by atoms with van der Waals surface area (Å²) < 4.78 is 43.1. The third kappa shape index (κ3) is 4.25. The van der Waals surface area contributed by atoms with Gasteiger partial charge >= 0.3 is 6.61 Å². The molecule has 1 atom stereocenters. The monoisotopic (exact) mass is 323 g/mol. The predicted molar refractivity (Wildman–Crippen MR) is 80.0 cm³/mol. The second kappa shape index (κ2) is 7.67. The number of carbonyl (C=O) groups excluding carboxylic acids is 1. The van der Waals surface area contributed by atoms with Gasteiger partial charge in [-0.15, -0.1) is 0 Å². The molecule has 2 aromatic rings. The van der Waals surface area contributed by atoms with Crippen molar-refractivity contribution in [3.05, 3.63) is 65.5 Å². The number of amides is 1. The highest BCUT2D eigenvalue weighted by molar-refractivity contribution is 5.94. The smallest absolute Gasteiger partial charge is 0.387 e. The Morgan fingerprint density at radius 1 is 1.13 bits per heavy atom. The van der Waals surface area contributed by atoms with Crippen LogP contribution in [0, 0.1) is 5.82 Å². The van der Waals surface area contributed by atoms with Gasteiger partial charge in [0, 0.05) is 5.56 Å². The van der Waals surface area contributed by atoms with E-state index < -0.39 is 24.4 Å². The molecule has 1 unspecified atom stereocenters. The van der Waals surface area contributed by atoms with Crippen LogP contribution < -0.4 is 10.1 Å². The maximum absolute atomic E-state index is 13.7. The topological polar surface area (TPSA) is 38.3 Å². The number of carbonyl (C=O) groups is 1. The van der Waals surface area contributed by atoms with Crippen molar-refractivity contribution in [3.63, 3.8) is 0 Å². The molecule has 23 heavy (non-hydrogen) atoms. The van der Waals surface area contributed by atoms with Crippen molar-refractivity contribution in [2.75, 3.05) is 0 Å². The fourth-order valence-electron chi connectivity index (χ4n) is 2.25. The van der Waals surface area contributed by atoms with Gasteiger partial charge in [-0.25, -0.2) is 4.39 Å². The average molecular weight is 323 g/mol. The molecule has 1 amide bonds. The summed E-state index contributed by atoms with van der Waals surface area (Å²) in [6.07, 6.45) is 0.434. The van der Waals surface area contributed by atoms with Crippen LogP contribution in [0.2, 0.25) is 0 Å². The fourth-order valence-corrected chi connectivity index (χ4v) is 2.25. The number of nitrogens with one attached hydrogen (secondary N) is 1. The van der Waals surface area contributed by atoms with Gasteiger partial charge in [-0.3, -0.25) is 4.79 Å². The second-order valence-electron chi connectivity index (χ2n) is 4.83. The number of benzene rings is 2. The van der Waals surface area contributed by atoms with Crippen molar-refractivity contribution < 1.29 is 22.7 Å². The van der Waals surface area contributed by atoms with Crippen LogP contribution in [-0.2, 0) is 0 Å². The lowest BCUT2D eigenvalue weighted by Gasteiger charge is -2.20. The molecule has 3 nitrogen and oxygen atoms in total.